The van der Waals surface area contributed by atoms with E-state index in [1.807, 2.05) is 0 Å². The number of hydrogen-bond acceptors (Lipinski definition) is 1. The Hall–Kier alpha value is -0.460. The highest BCUT2D eigenvalue weighted by molar-refractivity contribution is 4.84. The first-order valence-electron chi connectivity index (χ1n) is 4.16. The molecular formula is C9H17N. The number of hydrogen-bond donors (Lipinski definition) is 0. The Morgan fingerprint density at radius 3 is 3.10 bits per heavy atom. The van der Waals surface area contributed by atoms with Crippen LogP contribution in [0.1, 0.15) is 26.2 Å². The molecule has 0 spiro atoms. The van der Waals surface area contributed by atoms with Gasteiger partial charge < -0.3 is 4.90 Å². The second kappa shape index (κ2) is 3.65. The van der Waals surface area contributed by atoms with Gasteiger partial charge in [0, 0.05) is 13.6 Å². The van der Waals surface area contributed by atoms with E-state index in [1.54, 1.807) is 0 Å². The van der Waals surface area contributed by atoms with Crippen LogP contribution in [0.25, 0.3) is 0 Å². The minimum absolute atomic E-state index is 0.893. The summed E-state index contributed by atoms with van der Waals surface area (Å²) in [4.78, 5) is 2.27. The molecule has 0 N–H and O–H groups in total. The minimum atomic E-state index is 0.893. The molecule has 0 aromatic rings. The fraction of sp³-hybridized carbons (Fsp3) is 0.778. The third kappa shape index (κ3) is 2.42. The quantitative estimate of drug-likeness (QED) is 0.497. The second-order valence-corrected chi connectivity index (χ2v) is 3.35. The standard InChI is InChI=1S/C9H17N/c1-9-5-3-7-10(2)8-4-6-9/h3,7,9H,4-6,8H2,1-2H3/b7-3-. The molecule has 1 heterocycles. The maximum atomic E-state index is 2.33. The first-order valence-corrected chi connectivity index (χ1v) is 4.16. The average molecular weight is 139 g/mol. The molecule has 1 atom stereocenters. The number of nitrogens with zero attached hydrogens (tertiary/aromatic N) is 1. The third-order valence-electron chi connectivity index (χ3n) is 2.11. The molecule has 0 radical (unpaired) electrons. The molecular weight excluding hydrogens is 122 g/mol. The Kier molecular flexibility index (Phi) is 2.79. The molecule has 0 aromatic heterocycles. The van der Waals surface area contributed by atoms with Crippen molar-refractivity contribution in [2.24, 2.45) is 5.92 Å². The first-order chi connectivity index (χ1) is 4.79. The predicted octanol–water partition coefficient (Wildman–Crippen LogP) is 2.25. The largest absolute Gasteiger partial charge is 0.381 e. The van der Waals surface area contributed by atoms with E-state index in [1.165, 1.54) is 25.8 Å². The predicted molar refractivity (Wildman–Crippen MR) is 44.8 cm³/mol. The minimum Gasteiger partial charge on any atom is -0.381 e. The molecule has 0 saturated carbocycles. The monoisotopic (exact) mass is 139 g/mol. The summed E-state index contributed by atoms with van der Waals surface area (Å²) in [5, 5.41) is 0. The summed E-state index contributed by atoms with van der Waals surface area (Å²) in [6.07, 6.45) is 8.47. The van der Waals surface area contributed by atoms with Crippen molar-refractivity contribution in [1.29, 1.82) is 0 Å². The number of rotatable bonds is 0. The van der Waals surface area contributed by atoms with Crippen molar-refractivity contribution in [3.8, 4) is 0 Å². The lowest BCUT2D eigenvalue weighted by Gasteiger charge is -2.18. The first kappa shape index (κ1) is 7.64. The molecule has 1 aliphatic heterocycles. The lowest BCUT2D eigenvalue weighted by atomic mass is 10.0. The van der Waals surface area contributed by atoms with Crippen molar-refractivity contribution in [3.05, 3.63) is 12.3 Å². The van der Waals surface area contributed by atoms with E-state index in [4.69, 9.17) is 0 Å². The number of allylic oxidation sites excluding steroid dienone is 1. The maximum Gasteiger partial charge on any atom is 0.0169 e. The van der Waals surface area contributed by atoms with Crippen LogP contribution in [0.2, 0.25) is 0 Å². The van der Waals surface area contributed by atoms with Crippen LogP contribution in [0.15, 0.2) is 12.3 Å². The van der Waals surface area contributed by atoms with Gasteiger partial charge in [-0.2, -0.15) is 0 Å². The summed E-state index contributed by atoms with van der Waals surface area (Å²) < 4.78 is 0. The smallest absolute Gasteiger partial charge is 0.0169 e. The lowest BCUT2D eigenvalue weighted by molar-refractivity contribution is 0.388. The van der Waals surface area contributed by atoms with Crippen molar-refractivity contribution >= 4 is 0 Å². The van der Waals surface area contributed by atoms with Crippen molar-refractivity contribution in [2.45, 2.75) is 26.2 Å². The molecule has 1 unspecified atom stereocenters. The Bertz CT molecular complexity index is 118. The van der Waals surface area contributed by atoms with Crippen molar-refractivity contribution in [3.63, 3.8) is 0 Å². The van der Waals surface area contributed by atoms with Crippen LogP contribution in [-0.4, -0.2) is 18.5 Å². The summed E-state index contributed by atoms with van der Waals surface area (Å²) >= 11 is 0. The van der Waals surface area contributed by atoms with Crippen molar-refractivity contribution in [2.75, 3.05) is 13.6 Å². The van der Waals surface area contributed by atoms with Gasteiger partial charge in [-0.3, -0.25) is 0 Å². The van der Waals surface area contributed by atoms with E-state index in [2.05, 4.69) is 31.1 Å². The second-order valence-electron chi connectivity index (χ2n) is 3.35. The van der Waals surface area contributed by atoms with Crippen LogP contribution in [-0.2, 0) is 0 Å². The summed E-state index contributed by atoms with van der Waals surface area (Å²) in [5.74, 6) is 0.893. The molecule has 0 fully saturated rings. The van der Waals surface area contributed by atoms with Crippen LogP contribution in [0.3, 0.4) is 0 Å². The molecule has 0 saturated heterocycles. The third-order valence-corrected chi connectivity index (χ3v) is 2.11. The Morgan fingerprint density at radius 1 is 1.50 bits per heavy atom. The van der Waals surface area contributed by atoms with Gasteiger partial charge in [-0.25, -0.2) is 0 Å². The van der Waals surface area contributed by atoms with E-state index < -0.39 is 0 Å². The van der Waals surface area contributed by atoms with E-state index in [9.17, 15) is 0 Å². The molecule has 58 valence electrons. The van der Waals surface area contributed by atoms with E-state index in [0.29, 0.717) is 0 Å². The summed E-state index contributed by atoms with van der Waals surface area (Å²) in [6, 6.07) is 0. The summed E-state index contributed by atoms with van der Waals surface area (Å²) in [7, 11) is 2.15. The highest BCUT2D eigenvalue weighted by Crippen LogP contribution is 2.13. The zero-order valence-electron chi connectivity index (χ0n) is 7.01. The Labute approximate surface area is 63.7 Å². The fourth-order valence-electron chi connectivity index (χ4n) is 1.35. The van der Waals surface area contributed by atoms with Crippen LogP contribution in [0, 0.1) is 5.92 Å². The van der Waals surface area contributed by atoms with Gasteiger partial charge in [0.2, 0.25) is 0 Å². The van der Waals surface area contributed by atoms with Gasteiger partial charge in [-0.15, -0.1) is 0 Å². The maximum absolute atomic E-state index is 2.33. The van der Waals surface area contributed by atoms with Gasteiger partial charge in [-0.1, -0.05) is 13.0 Å². The topological polar surface area (TPSA) is 3.24 Å². The van der Waals surface area contributed by atoms with Crippen molar-refractivity contribution < 1.29 is 0 Å². The molecule has 1 nitrogen and oxygen atoms in total. The summed E-state index contributed by atoms with van der Waals surface area (Å²) in [5.41, 5.74) is 0. The normalized spacial score (nSPS) is 31.0. The lowest BCUT2D eigenvalue weighted by Crippen LogP contribution is -2.14. The van der Waals surface area contributed by atoms with E-state index >= 15 is 0 Å². The summed E-state index contributed by atoms with van der Waals surface area (Å²) in [6.45, 7) is 3.55. The SMILES string of the molecule is CC1C/C=C\N(C)CCC1. The van der Waals surface area contributed by atoms with Gasteiger partial charge >= 0.3 is 0 Å². The van der Waals surface area contributed by atoms with E-state index in [-0.39, 0.29) is 0 Å². The highest BCUT2D eigenvalue weighted by atomic mass is 15.1. The molecule has 1 heteroatoms. The Morgan fingerprint density at radius 2 is 2.30 bits per heavy atom. The molecule has 0 amide bonds. The molecule has 1 aliphatic rings. The van der Waals surface area contributed by atoms with Gasteiger partial charge in [0.25, 0.3) is 0 Å². The van der Waals surface area contributed by atoms with Crippen LogP contribution >= 0.6 is 0 Å². The molecule has 1 rings (SSSR count). The van der Waals surface area contributed by atoms with Gasteiger partial charge in [0.1, 0.15) is 0 Å². The molecule has 0 bridgehead atoms. The zero-order chi connectivity index (χ0) is 7.40. The van der Waals surface area contributed by atoms with E-state index in [0.717, 1.165) is 5.92 Å². The van der Waals surface area contributed by atoms with Crippen LogP contribution in [0.5, 0.6) is 0 Å². The van der Waals surface area contributed by atoms with Crippen LogP contribution in [0.4, 0.5) is 0 Å². The van der Waals surface area contributed by atoms with Gasteiger partial charge in [-0.05, 0) is 31.4 Å². The van der Waals surface area contributed by atoms with Crippen molar-refractivity contribution in [1.82, 2.24) is 4.90 Å². The van der Waals surface area contributed by atoms with Crippen LogP contribution < -0.4 is 0 Å². The highest BCUT2D eigenvalue weighted by Gasteiger charge is 2.02. The molecule has 0 aliphatic carbocycles. The van der Waals surface area contributed by atoms with Gasteiger partial charge in [0.15, 0.2) is 0 Å². The zero-order valence-corrected chi connectivity index (χ0v) is 7.01. The fourth-order valence-corrected chi connectivity index (χ4v) is 1.35. The van der Waals surface area contributed by atoms with Gasteiger partial charge in [0.05, 0.1) is 0 Å². The molecule has 10 heavy (non-hydrogen) atoms. The average Bonchev–Trinajstić information content (AvgIpc) is 1.84. The Balaban J connectivity index is 2.38. The molecule has 0 aromatic carbocycles.